The lowest BCUT2D eigenvalue weighted by atomic mass is 10.2. The van der Waals surface area contributed by atoms with E-state index in [0.29, 0.717) is 12.4 Å². The first-order valence-electron chi connectivity index (χ1n) is 6.11. The van der Waals surface area contributed by atoms with Crippen LogP contribution in [-0.2, 0) is 4.79 Å². The highest BCUT2D eigenvalue weighted by Gasteiger charge is 2.32. The van der Waals surface area contributed by atoms with Crippen LogP contribution in [0.25, 0.3) is 0 Å². The summed E-state index contributed by atoms with van der Waals surface area (Å²) in [4.78, 5) is 10.8. The monoisotopic (exact) mass is 267 g/mol. The smallest absolute Gasteiger partial charge is 0.163 e. The summed E-state index contributed by atoms with van der Waals surface area (Å²) in [5.74, 6) is 0.443. The average Bonchev–Trinajstić information content (AvgIpc) is 2.86. The number of ether oxygens (including phenoxy) is 1. The number of rotatable bonds is 5. The fourth-order valence-corrected chi connectivity index (χ4v) is 3.27. The van der Waals surface area contributed by atoms with Gasteiger partial charge in [0.1, 0.15) is 17.8 Å². The first-order valence-corrected chi connectivity index (χ1v) is 7.16. The first-order chi connectivity index (χ1) is 8.72. The van der Waals surface area contributed by atoms with Crippen molar-refractivity contribution < 1.29 is 20.0 Å². The van der Waals surface area contributed by atoms with E-state index in [1.54, 1.807) is 11.8 Å². The molecule has 0 saturated carbocycles. The number of hydrogen-bond acceptors (Lipinski definition) is 4. The van der Waals surface area contributed by atoms with Crippen molar-refractivity contribution in [1.29, 1.82) is 0 Å². The Kier molecular flexibility index (Phi) is 4.49. The van der Waals surface area contributed by atoms with Gasteiger partial charge in [-0.2, -0.15) is 0 Å². The minimum Gasteiger partial charge on any atom is -0.544 e. The maximum atomic E-state index is 10.8. The van der Waals surface area contributed by atoms with Crippen LogP contribution in [0.2, 0.25) is 0 Å². The highest BCUT2D eigenvalue weighted by atomic mass is 32.2. The molecule has 2 N–H and O–H groups in total. The summed E-state index contributed by atoms with van der Waals surface area (Å²) in [6, 6.07) is 7.36. The van der Waals surface area contributed by atoms with E-state index in [1.165, 1.54) is 0 Å². The molecule has 4 nitrogen and oxygen atoms in total. The third-order valence-corrected chi connectivity index (χ3v) is 4.17. The van der Waals surface area contributed by atoms with Crippen molar-refractivity contribution in [2.24, 2.45) is 0 Å². The van der Waals surface area contributed by atoms with Gasteiger partial charge in [-0.1, -0.05) is 30.8 Å². The number of carbonyl (C=O) groups excluding carboxylic acids is 1. The van der Waals surface area contributed by atoms with Gasteiger partial charge in [-0.3, -0.25) is 0 Å². The molecular weight excluding hydrogens is 250 g/mol. The van der Waals surface area contributed by atoms with Gasteiger partial charge >= 0.3 is 0 Å². The predicted octanol–water partition coefficient (Wildman–Crippen LogP) is -0.0973. The fourth-order valence-electron chi connectivity index (χ4n) is 1.93. The number of benzene rings is 1. The maximum Gasteiger partial charge on any atom is 0.163 e. The summed E-state index contributed by atoms with van der Waals surface area (Å²) in [7, 11) is 0. The van der Waals surface area contributed by atoms with Crippen molar-refractivity contribution >= 4 is 17.7 Å². The molecule has 0 aromatic heterocycles. The van der Waals surface area contributed by atoms with Crippen LogP contribution in [0.5, 0.6) is 5.75 Å². The van der Waals surface area contributed by atoms with E-state index in [2.05, 4.69) is 6.92 Å². The zero-order valence-corrected chi connectivity index (χ0v) is 11.1. The summed E-state index contributed by atoms with van der Waals surface area (Å²) in [6.45, 7) is 2.74. The molecule has 1 aliphatic heterocycles. The van der Waals surface area contributed by atoms with Gasteiger partial charge in [-0.25, -0.2) is 0 Å². The molecule has 1 fully saturated rings. The number of carboxylic acid groups (broad SMARTS) is 1. The molecule has 18 heavy (non-hydrogen) atoms. The number of nitrogens with two attached hydrogens (primary N) is 1. The molecule has 0 aliphatic carbocycles. The molecule has 1 aromatic carbocycles. The van der Waals surface area contributed by atoms with E-state index in [1.807, 2.05) is 29.6 Å². The first kappa shape index (κ1) is 13.2. The number of aliphatic carboxylic acids is 1. The molecule has 0 spiro atoms. The average molecular weight is 267 g/mol. The number of para-hydroxylation sites is 1. The Morgan fingerprint density at radius 1 is 1.56 bits per heavy atom. The van der Waals surface area contributed by atoms with Crippen molar-refractivity contribution in [3.05, 3.63) is 29.8 Å². The summed E-state index contributed by atoms with van der Waals surface area (Å²) in [6.07, 6.45) is 0.956. The van der Waals surface area contributed by atoms with Gasteiger partial charge in [0, 0.05) is 0 Å². The summed E-state index contributed by atoms with van der Waals surface area (Å²) in [5.41, 5.74) is 1.06. The quantitative estimate of drug-likeness (QED) is 0.809. The zero-order valence-electron chi connectivity index (χ0n) is 10.3. The topological polar surface area (TPSA) is 66.0 Å². The third-order valence-electron chi connectivity index (χ3n) is 2.85. The van der Waals surface area contributed by atoms with Crippen LogP contribution in [0, 0.1) is 0 Å². The molecule has 0 amide bonds. The maximum absolute atomic E-state index is 10.8. The van der Waals surface area contributed by atoms with Crippen LogP contribution >= 0.6 is 11.8 Å². The minimum atomic E-state index is -0.989. The number of quaternary nitrogens is 1. The lowest BCUT2D eigenvalue weighted by Crippen LogP contribution is -2.90. The second kappa shape index (κ2) is 6.11. The van der Waals surface area contributed by atoms with Gasteiger partial charge in [0.15, 0.2) is 5.37 Å². The van der Waals surface area contributed by atoms with Crippen LogP contribution in [0.1, 0.15) is 24.3 Å². The number of thioether (sulfide) groups is 1. The number of carboxylic acids is 1. The van der Waals surface area contributed by atoms with E-state index >= 15 is 0 Å². The van der Waals surface area contributed by atoms with Crippen molar-refractivity contribution in [1.82, 2.24) is 0 Å². The van der Waals surface area contributed by atoms with Gasteiger partial charge < -0.3 is 20.0 Å². The normalized spacial score (nSPS) is 22.9. The molecule has 2 rings (SSSR count). The van der Waals surface area contributed by atoms with E-state index in [0.717, 1.165) is 17.7 Å². The summed E-state index contributed by atoms with van der Waals surface area (Å²) < 4.78 is 5.70. The molecule has 98 valence electrons. The van der Waals surface area contributed by atoms with Crippen LogP contribution in [0.3, 0.4) is 0 Å². The van der Waals surface area contributed by atoms with Gasteiger partial charge in [0.05, 0.1) is 17.9 Å². The molecule has 1 aromatic rings. The molecule has 0 bridgehead atoms. The van der Waals surface area contributed by atoms with E-state index in [-0.39, 0.29) is 5.37 Å². The second-order valence-electron chi connectivity index (χ2n) is 4.26. The minimum absolute atomic E-state index is 0.0842. The Balaban J connectivity index is 2.11. The highest BCUT2D eigenvalue weighted by molar-refractivity contribution is 7.99. The van der Waals surface area contributed by atoms with Gasteiger partial charge in [0.2, 0.25) is 0 Å². The third kappa shape index (κ3) is 2.97. The standard InChI is InChI=1S/C13H17NO3S/c1-2-7-17-11-6-4-3-5-9(11)12-14-10(8-18-12)13(15)16/h3-6,10,12,14H,2,7-8H2,1H3,(H,15,16). The Morgan fingerprint density at radius 3 is 3.00 bits per heavy atom. The Bertz CT molecular complexity index is 424. The highest BCUT2D eigenvalue weighted by Crippen LogP contribution is 2.33. The van der Waals surface area contributed by atoms with Crippen LogP contribution in [-0.4, -0.2) is 24.4 Å². The zero-order chi connectivity index (χ0) is 13.0. The van der Waals surface area contributed by atoms with Gasteiger partial charge in [-0.05, 0) is 18.6 Å². The summed E-state index contributed by atoms with van der Waals surface area (Å²) in [5, 5.41) is 12.8. The Morgan fingerprint density at radius 2 is 2.33 bits per heavy atom. The van der Waals surface area contributed by atoms with E-state index < -0.39 is 12.0 Å². The number of hydrogen-bond donors (Lipinski definition) is 1. The molecule has 1 saturated heterocycles. The van der Waals surface area contributed by atoms with E-state index in [9.17, 15) is 9.90 Å². The SMILES string of the molecule is CCCOc1ccccc1C1[NH2+]C(C(=O)[O-])CS1. The molecule has 2 unspecified atom stereocenters. The number of carbonyl (C=O) groups is 1. The Hall–Kier alpha value is -1.20. The molecule has 2 atom stereocenters. The molecule has 5 heteroatoms. The van der Waals surface area contributed by atoms with Crippen molar-refractivity contribution in [2.45, 2.75) is 24.8 Å². The van der Waals surface area contributed by atoms with Crippen LogP contribution in [0.15, 0.2) is 24.3 Å². The lowest BCUT2D eigenvalue weighted by Gasteiger charge is -2.15. The molecule has 0 radical (unpaired) electrons. The largest absolute Gasteiger partial charge is 0.544 e. The van der Waals surface area contributed by atoms with Crippen molar-refractivity contribution in [3.63, 3.8) is 0 Å². The molecule has 1 aliphatic rings. The van der Waals surface area contributed by atoms with Gasteiger partial charge in [-0.15, -0.1) is 0 Å². The molecular formula is C13H17NO3S. The van der Waals surface area contributed by atoms with Crippen molar-refractivity contribution in [3.8, 4) is 5.75 Å². The lowest BCUT2D eigenvalue weighted by molar-refractivity contribution is -0.690. The fraction of sp³-hybridized carbons (Fsp3) is 0.462. The predicted molar refractivity (Wildman–Crippen MR) is 68.1 cm³/mol. The second-order valence-corrected chi connectivity index (χ2v) is 5.43. The van der Waals surface area contributed by atoms with Gasteiger partial charge in [0.25, 0.3) is 0 Å². The Labute approximate surface area is 111 Å². The van der Waals surface area contributed by atoms with Crippen LogP contribution in [0.4, 0.5) is 0 Å². The van der Waals surface area contributed by atoms with Crippen molar-refractivity contribution in [2.75, 3.05) is 12.4 Å². The van der Waals surface area contributed by atoms with Crippen LogP contribution < -0.4 is 15.2 Å². The molecule has 1 heterocycles. The van der Waals surface area contributed by atoms with E-state index in [4.69, 9.17) is 4.74 Å². The summed E-state index contributed by atoms with van der Waals surface area (Å²) >= 11 is 1.62.